The topological polar surface area (TPSA) is 127 Å². The average Bonchev–Trinajstić information content (AvgIpc) is 2.46. The maximum Gasteiger partial charge on any atom is 0.353 e. The first kappa shape index (κ1) is 14.0. The molecule has 1 amide bonds. The van der Waals surface area contributed by atoms with Crippen LogP contribution in [0.1, 0.15) is 19.3 Å². The molecule has 108 valence electrons. The van der Waals surface area contributed by atoms with Crippen molar-refractivity contribution in [2.45, 2.75) is 25.3 Å². The first-order chi connectivity index (χ1) is 9.56. The molecule has 1 aromatic rings. The van der Waals surface area contributed by atoms with Gasteiger partial charge in [-0.25, -0.2) is 9.97 Å². The molecular formula is C11H16N6O3. The second-order valence-electron chi connectivity index (χ2n) is 4.51. The van der Waals surface area contributed by atoms with Gasteiger partial charge in [-0.3, -0.25) is 14.9 Å². The van der Waals surface area contributed by atoms with Gasteiger partial charge >= 0.3 is 5.69 Å². The number of piperidine rings is 1. The van der Waals surface area contributed by atoms with E-state index in [1.54, 1.807) is 11.9 Å². The summed E-state index contributed by atoms with van der Waals surface area (Å²) in [5.41, 5.74) is 5.15. The number of nitro groups is 1. The van der Waals surface area contributed by atoms with E-state index in [2.05, 4.69) is 15.3 Å². The van der Waals surface area contributed by atoms with Crippen LogP contribution in [0.2, 0.25) is 0 Å². The van der Waals surface area contributed by atoms with Crippen LogP contribution in [-0.2, 0) is 4.79 Å². The molecule has 1 unspecified atom stereocenters. The Bertz CT molecular complexity index is 535. The molecule has 0 aromatic carbocycles. The van der Waals surface area contributed by atoms with Crippen LogP contribution in [0.4, 0.5) is 17.3 Å². The van der Waals surface area contributed by atoms with Crippen molar-refractivity contribution in [3.8, 4) is 0 Å². The highest BCUT2D eigenvalue weighted by Crippen LogP contribution is 2.34. The van der Waals surface area contributed by atoms with Gasteiger partial charge in [-0.05, 0) is 19.3 Å². The highest BCUT2D eigenvalue weighted by molar-refractivity contribution is 5.85. The summed E-state index contributed by atoms with van der Waals surface area (Å²) in [6.07, 6.45) is 3.51. The van der Waals surface area contributed by atoms with E-state index < -0.39 is 16.9 Å². The molecule has 20 heavy (non-hydrogen) atoms. The Labute approximate surface area is 115 Å². The summed E-state index contributed by atoms with van der Waals surface area (Å²) in [6.45, 7) is 0.509. The molecule has 0 aliphatic carbocycles. The molecule has 2 heterocycles. The summed E-state index contributed by atoms with van der Waals surface area (Å²) in [5.74, 6) is -0.240. The van der Waals surface area contributed by atoms with E-state index in [9.17, 15) is 14.9 Å². The minimum absolute atomic E-state index is 0.119. The lowest BCUT2D eigenvalue weighted by atomic mass is 10.0. The monoisotopic (exact) mass is 280 g/mol. The molecule has 0 bridgehead atoms. The number of aromatic nitrogens is 2. The molecule has 9 heteroatoms. The van der Waals surface area contributed by atoms with Gasteiger partial charge in [-0.15, -0.1) is 0 Å². The van der Waals surface area contributed by atoms with Crippen molar-refractivity contribution in [2.75, 3.05) is 23.8 Å². The van der Waals surface area contributed by atoms with Crippen LogP contribution in [-0.4, -0.2) is 40.4 Å². The third-order valence-corrected chi connectivity index (χ3v) is 3.33. The molecule has 1 aliphatic heterocycles. The minimum atomic E-state index is -0.568. The Morgan fingerprint density at radius 3 is 2.90 bits per heavy atom. The Morgan fingerprint density at radius 2 is 2.30 bits per heavy atom. The fourth-order valence-corrected chi connectivity index (χ4v) is 2.41. The molecule has 3 N–H and O–H groups in total. The Morgan fingerprint density at radius 1 is 1.55 bits per heavy atom. The predicted molar refractivity (Wildman–Crippen MR) is 72.4 cm³/mol. The van der Waals surface area contributed by atoms with Gasteiger partial charge in [-0.1, -0.05) is 0 Å². The summed E-state index contributed by atoms with van der Waals surface area (Å²) in [4.78, 5) is 31.7. The smallest absolute Gasteiger partial charge is 0.353 e. The van der Waals surface area contributed by atoms with Crippen molar-refractivity contribution in [1.29, 1.82) is 0 Å². The maximum absolute atomic E-state index is 11.5. The summed E-state index contributed by atoms with van der Waals surface area (Å²) in [5, 5.41) is 13.9. The molecule has 2 rings (SSSR count). The largest absolute Gasteiger partial charge is 0.368 e. The molecule has 0 saturated carbocycles. The lowest BCUT2D eigenvalue weighted by Gasteiger charge is -2.34. The molecule has 1 atom stereocenters. The number of rotatable bonds is 4. The van der Waals surface area contributed by atoms with E-state index in [1.165, 1.54) is 6.33 Å². The van der Waals surface area contributed by atoms with Gasteiger partial charge in [0.2, 0.25) is 17.5 Å². The number of primary amides is 1. The highest BCUT2D eigenvalue weighted by atomic mass is 16.6. The standard InChI is InChI=1S/C11H16N6O3/c1-13-10-8(17(19)20)11(15-6-14-10)16-5-3-2-4-7(16)9(12)18/h6-7H,2-5H2,1H3,(H2,12,18)(H,13,14,15). The fourth-order valence-electron chi connectivity index (χ4n) is 2.41. The van der Waals surface area contributed by atoms with Crippen molar-refractivity contribution >= 4 is 23.2 Å². The van der Waals surface area contributed by atoms with Crippen molar-refractivity contribution < 1.29 is 9.72 Å². The zero-order valence-electron chi connectivity index (χ0n) is 11.1. The number of hydrogen-bond donors (Lipinski definition) is 2. The molecular weight excluding hydrogens is 264 g/mol. The van der Waals surface area contributed by atoms with Gasteiger partial charge < -0.3 is 16.0 Å². The number of nitrogens with two attached hydrogens (primary N) is 1. The third-order valence-electron chi connectivity index (χ3n) is 3.33. The molecule has 9 nitrogen and oxygen atoms in total. The number of carbonyl (C=O) groups excluding carboxylic acids is 1. The SMILES string of the molecule is CNc1ncnc(N2CCCCC2C(N)=O)c1[N+](=O)[O-]. The lowest BCUT2D eigenvalue weighted by Crippen LogP contribution is -2.48. The number of carbonyl (C=O) groups is 1. The van der Waals surface area contributed by atoms with Gasteiger partial charge in [0.15, 0.2) is 0 Å². The van der Waals surface area contributed by atoms with Gasteiger partial charge in [0.1, 0.15) is 12.4 Å². The van der Waals surface area contributed by atoms with Gasteiger partial charge in [0.25, 0.3) is 0 Å². The molecule has 1 fully saturated rings. The summed E-state index contributed by atoms with van der Waals surface area (Å²) in [7, 11) is 1.54. The number of nitrogens with one attached hydrogen (secondary N) is 1. The molecule has 1 aromatic heterocycles. The molecule has 1 saturated heterocycles. The second-order valence-corrected chi connectivity index (χ2v) is 4.51. The number of anilines is 2. The van der Waals surface area contributed by atoms with E-state index in [0.717, 1.165) is 12.8 Å². The normalized spacial score (nSPS) is 18.6. The lowest BCUT2D eigenvalue weighted by molar-refractivity contribution is -0.383. The van der Waals surface area contributed by atoms with Gasteiger partial charge in [0, 0.05) is 13.6 Å². The third kappa shape index (κ3) is 2.46. The van der Waals surface area contributed by atoms with Crippen molar-refractivity contribution in [2.24, 2.45) is 5.73 Å². The van der Waals surface area contributed by atoms with E-state index in [4.69, 9.17) is 5.73 Å². The predicted octanol–water partition coefficient (Wildman–Crippen LogP) is 0.271. The van der Waals surface area contributed by atoms with E-state index in [0.29, 0.717) is 13.0 Å². The number of hydrogen-bond acceptors (Lipinski definition) is 7. The van der Waals surface area contributed by atoms with E-state index >= 15 is 0 Å². The molecule has 0 spiro atoms. The van der Waals surface area contributed by atoms with Crippen LogP contribution >= 0.6 is 0 Å². The quantitative estimate of drug-likeness (QED) is 0.598. The highest BCUT2D eigenvalue weighted by Gasteiger charge is 2.34. The minimum Gasteiger partial charge on any atom is -0.368 e. The van der Waals surface area contributed by atoms with Crippen LogP contribution in [0.3, 0.4) is 0 Å². The Balaban J connectivity index is 2.50. The Kier molecular flexibility index (Phi) is 3.97. The number of nitrogens with zero attached hydrogens (tertiary/aromatic N) is 4. The first-order valence-electron chi connectivity index (χ1n) is 6.29. The Hall–Kier alpha value is -2.45. The van der Waals surface area contributed by atoms with Crippen LogP contribution in [0.15, 0.2) is 6.33 Å². The van der Waals surface area contributed by atoms with Gasteiger partial charge in [-0.2, -0.15) is 0 Å². The fraction of sp³-hybridized carbons (Fsp3) is 0.545. The van der Waals surface area contributed by atoms with E-state index in [1.807, 2.05) is 0 Å². The summed E-state index contributed by atoms with van der Waals surface area (Å²) in [6, 6.07) is -0.568. The maximum atomic E-state index is 11.5. The zero-order valence-corrected chi connectivity index (χ0v) is 11.1. The van der Waals surface area contributed by atoms with E-state index in [-0.39, 0.29) is 17.3 Å². The van der Waals surface area contributed by atoms with Crippen molar-refractivity contribution in [1.82, 2.24) is 9.97 Å². The average molecular weight is 280 g/mol. The van der Waals surface area contributed by atoms with Crippen LogP contribution in [0.25, 0.3) is 0 Å². The van der Waals surface area contributed by atoms with Crippen molar-refractivity contribution in [3.63, 3.8) is 0 Å². The second kappa shape index (κ2) is 5.68. The molecule has 0 radical (unpaired) electrons. The van der Waals surface area contributed by atoms with Crippen LogP contribution in [0, 0.1) is 10.1 Å². The summed E-state index contributed by atoms with van der Waals surface area (Å²) < 4.78 is 0. The molecule has 1 aliphatic rings. The van der Waals surface area contributed by atoms with Crippen LogP contribution in [0.5, 0.6) is 0 Å². The van der Waals surface area contributed by atoms with Crippen LogP contribution < -0.4 is 16.0 Å². The summed E-state index contributed by atoms with van der Waals surface area (Å²) >= 11 is 0. The zero-order chi connectivity index (χ0) is 14.7. The van der Waals surface area contributed by atoms with Gasteiger partial charge in [0.05, 0.1) is 4.92 Å². The number of amides is 1. The van der Waals surface area contributed by atoms with Crippen molar-refractivity contribution in [3.05, 3.63) is 16.4 Å². The first-order valence-corrected chi connectivity index (χ1v) is 6.29.